The summed E-state index contributed by atoms with van der Waals surface area (Å²) in [5.41, 5.74) is 4.12. The first-order valence-corrected chi connectivity index (χ1v) is 37.6. The van der Waals surface area contributed by atoms with E-state index in [1.165, 1.54) is 68.4 Å². The average Bonchev–Trinajstić information content (AvgIpc) is 1.82. The van der Waals surface area contributed by atoms with E-state index in [0.29, 0.717) is 120 Å². The van der Waals surface area contributed by atoms with Crippen molar-refractivity contribution in [1.29, 1.82) is 10.5 Å². The number of aromatic nitrogens is 5. The predicted molar refractivity (Wildman–Crippen MR) is 434 cm³/mol. The van der Waals surface area contributed by atoms with Crippen molar-refractivity contribution in [2.75, 3.05) is 49.1 Å². The monoisotopic (exact) mass is 1860 g/mol. The highest BCUT2D eigenvalue weighted by atomic mass is 79.9. The van der Waals surface area contributed by atoms with E-state index in [-0.39, 0.29) is 50.1 Å². The molecule has 5 aromatic carbocycles. The zero-order chi connectivity index (χ0) is 78.8. The van der Waals surface area contributed by atoms with E-state index in [9.17, 15) is 29.2 Å². The lowest BCUT2D eigenvalue weighted by Gasteiger charge is -2.18. The van der Waals surface area contributed by atoms with E-state index in [0.717, 1.165) is 76.5 Å². The molecule has 0 saturated carbocycles. The normalized spacial score (nSPS) is 11.9. The van der Waals surface area contributed by atoms with E-state index in [4.69, 9.17) is 95.4 Å². The fraction of sp³-hybridized carbons (Fsp3) is 0.156. The standard InChI is InChI=1S/2C17H14BrN3O2.2C13H6BrClN2O2.C7H5BrO2.C6H2Cl2N2.C4H9N/c1-19-15-6-7-16(20-17(15)21-8-2-3-9-21)23-13-4-5-14(18)12(10-13)11-22;18-15-5-4-14(9-13(15)11-22)23-17-12(10-19)3-6-16(20-17)21-7-1-2-8-21;1-16-11-4-5-12(17-13(11)15)19-9-2-3-10(14)8(6-9)7-18;14-11-3-2-10(5-9(11)7-18)19-13-8(6-16)1-4-12(15)17-13;8-7-2-1-6(10)3-5(7)4-9;1-9-4-2-3-5(7)10-6(4)8;1-2-4-5-3-1/h4-7,10-11H,2-3,8-9H2;3-6,9,11H,1-2,7-8H2;2-7H;1-5,7H;1-4,10H;2-3H;5H,1-4H2. The Labute approximate surface area is 688 Å². The molecule has 2 N–H and O–H groups in total. The van der Waals surface area contributed by atoms with Crippen molar-refractivity contribution in [1.82, 2.24) is 30.2 Å². The summed E-state index contributed by atoms with van der Waals surface area (Å²) in [6.45, 7) is 27.0. The van der Waals surface area contributed by atoms with Crippen molar-refractivity contribution in [3.63, 3.8) is 0 Å². The van der Waals surface area contributed by atoms with Gasteiger partial charge in [0.2, 0.25) is 40.6 Å². The maximum Gasteiger partial charge on any atom is 0.239 e. The quantitative estimate of drug-likeness (QED) is 0.0548. The predicted octanol–water partition coefficient (Wildman–Crippen LogP) is 22.4. The molecule has 0 unspecified atom stereocenters. The van der Waals surface area contributed by atoms with E-state index in [1.54, 1.807) is 103 Å². The first-order valence-electron chi connectivity index (χ1n) is 32.1. The van der Waals surface area contributed by atoms with Crippen LogP contribution in [0.5, 0.6) is 52.3 Å². The molecular weight excluding hydrogens is 1810 g/mol. The van der Waals surface area contributed by atoms with Gasteiger partial charge in [-0.3, -0.25) is 24.0 Å². The summed E-state index contributed by atoms with van der Waals surface area (Å²) >= 11 is 38.8. The molecule has 3 aliphatic rings. The van der Waals surface area contributed by atoms with Crippen LogP contribution in [0.3, 0.4) is 0 Å². The van der Waals surface area contributed by atoms with Crippen molar-refractivity contribution in [2.45, 2.75) is 38.5 Å². The molecule has 10 aromatic rings. The molecule has 8 heterocycles. The molecule has 23 nitrogen and oxygen atoms in total. The van der Waals surface area contributed by atoms with Crippen molar-refractivity contribution in [3.05, 3.63) is 268 Å². The van der Waals surface area contributed by atoms with Gasteiger partial charge < -0.3 is 39.2 Å². The first-order chi connectivity index (χ1) is 52.7. The number of nitrogens with zero attached hydrogens (tertiary/aromatic N) is 12. The number of phenols is 1. The van der Waals surface area contributed by atoms with Crippen LogP contribution >= 0.6 is 126 Å². The number of pyridine rings is 5. The molecule has 0 amide bonds. The summed E-state index contributed by atoms with van der Waals surface area (Å²) in [7, 11) is 0. The Morgan fingerprint density at radius 2 is 0.789 bits per heavy atom. The highest BCUT2D eigenvalue weighted by Crippen LogP contribution is 2.36. The number of halogens is 9. The van der Waals surface area contributed by atoms with E-state index in [2.05, 4.69) is 140 Å². The number of hydrogen-bond acceptors (Lipinski definition) is 20. The summed E-state index contributed by atoms with van der Waals surface area (Å²) in [6.07, 6.45) is 10.9. The van der Waals surface area contributed by atoms with Gasteiger partial charge in [0.25, 0.3) is 0 Å². The second-order valence-corrected chi connectivity index (χ2v) is 28.0. The van der Waals surface area contributed by atoms with Gasteiger partial charge in [0.1, 0.15) is 84.3 Å². The number of aromatic hydroxyl groups is 1. The van der Waals surface area contributed by atoms with Gasteiger partial charge >= 0.3 is 0 Å². The van der Waals surface area contributed by atoms with Crippen molar-refractivity contribution >= 4 is 186 Å². The second-order valence-electron chi connectivity index (χ2n) is 22.2. The molecule has 0 radical (unpaired) electrons. The molecule has 3 fully saturated rings. The van der Waals surface area contributed by atoms with Crippen LogP contribution in [0, 0.1) is 42.4 Å². The molecule has 109 heavy (non-hydrogen) atoms. The fourth-order valence-electron chi connectivity index (χ4n) is 9.48. The summed E-state index contributed by atoms with van der Waals surface area (Å²) in [5, 5.41) is 31.1. The van der Waals surface area contributed by atoms with Crippen LogP contribution in [0.1, 0.15) is 101 Å². The van der Waals surface area contributed by atoms with Crippen molar-refractivity contribution in [2.24, 2.45) is 0 Å². The molecular formula is C77H56Br5Cl4N13O10. The Bertz CT molecular complexity index is 5130. The number of aldehydes is 5. The highest BCUT2D eigenvalue weighted by Gasteiger charge is 2.21. The molecule has 5 aromatic heterocycles. The van der Waals surface area contributed by atoms with Gasteiger partial charge in [-0.2, -0.15) is 15.5 Å². The molecule has 13 rings (SSSR count). The first kappa shape index (κ1) is 86.0. The van der Waals surface area contributed by atoms with Crippen LogP contribution in [-0.4, -0.2) is 101 Å². The van der Waals surface area contributed by atoms with E-state index >= 15 is 0 Å². The topological polar surface area (TPSA) is 286 Å². The third kappa shape index (κ3) is 26.8. The Hall–Kier alpha value is -10.2. The molecule has 0 aliphatic carbocycles. The summed E-state index contributed by atoms with van der Waals surface area (Å²) < 4.78 is 25.9. The third-order valence-electron chi connectivity index (χ3n) is 14.9. The molecule has 32 heteroatoms. The Balaban J connectivity index is 0.000000183. The molecule has 552 valence electrons. The van der Waals surface area contributed by atoms with Crippen LogP contribution < -0.4 is 34.1 Å². The SMILES string of the molecule is C1CCNC1.N#Cc1ccc(Cl)nc1Oc1ccc(Br)c(C=O)c1.N#Cc1ccc(N2CCCC2)nc1Oc1ccc(Br)c(C=O)c1.O=Cc1cc(O)ccc1Br.[C-]#[N+]c1ccc(Cl)nc1Cl.[C-]#[N+]c1ccc(Oc2ccc(Br)c(C=O)c2)nc1Cl.[C-]#[N+]c1ccc(Oc2ccc(Br)c(C=O)c2)nc1N1CCCC1. The van der Waals surface area contributed by atoms with Crippen LogP contribution in [0.2, 0.25) is 20.6 Å². The Morgan fingerprint density at radius 1 is 0.422 bits per heavy atom. The minimum Gasteiger partial charge on any atom is -0.508 e. The lowest BCUT2D eigenvalue weighted by molar-refractivity contribution is 0.111. The van der Waals surface area contributed by atoms with Gasteiger partial charge in [0, 0.05) is 76.4 Å². The Kier molecular flexibility index (Phi) is 35.4. The molecule has 0 bridgehead atoms. The maximum atomic E-state index is 11.0. The van der Waals surface area contributed by atoms with Crippen molar-refractivity contribution in [3.8, 4) is 64.4 Å². The number of anilines is 2. The zero-order valence-electron chi connectivity index (χ0n) is 56.7. The average molecular weight is 1860 g/mol. The molecule has 3 saturated heterocycles. The number of hydrogen-bond donors (Lipinski definition) is 2. The summed E-state index contributed by atoms with van der Waals surface area (Å²) in [5.74, 6) is 4.49. The number of phenolic OH excluding ortho intramolecular Hbond substituents is 1. The number of benzene rings is 5. The molecule has 0 spiro atoms. The smallest absolute Gasteiger partial charge is 0.239 e. The number of nitriles is 2. The minimum atomic E-state index is 0.0835. The van der Waals surface area contributed by atoms with Gasteiger partial charge in [0.15, 0.2) is 31.4 Å². The van der Waals surface area contributed by atoms with Crippen LogP contribution in [0.25, 0.3) is 14.5 Å². The highest BCUT2D eigenvalue weighted by molar-refractivity contribution is 9.11. The number of rotatable bonds is 15. The third-order valence-corrected chi connectivity index (χ3v) is 19.4. The van der Waals surface area contributed by atoms with Gasteiger partial charge in [-0.15, -0.1) is 0 Å². The van der Waals surface area contributed by atoms with E-state index < -0.39 is 0 Å². The Morgan fingerprint density at radius 3 is 1.19 bits per heavy atom. The van der Waals surface area contributed by atoms with Gasteiger partial charge in [-0.05, 0) is 197 Å². The number of ether oxygens (including phenoxy) is 4. The maximum absolute atomic E-state index is 11.0. The zero-order valence-corrected chi connectivity index (χ0v) is 67.6. The minimum absolute atomic E-state index is 0.0835. The lowest BCUT2D eigenvalue weighted by atomic mass is 10.2. The largest absolute Gasteiger partial charge is 0.508 e. The lowest BCUT2D eigenvalue weighted by Crippen LogP contribution is -2.19. The fourth-order valence-corrected chi connectivity index (χ4v) is 11.9. The molecule has 0 atom stereocenters. The van der Waals surface area contributed by atoms with Crippen LogP contribution in [0.4, 0.5) is 28.7 Å². The second kappa shape index (κ2) is 44.9. The van der Waals surface area contributed by atoms with Gasteiger partial charge in [-0.25, -0.2) is 34.5 Å². The van der Waals surface area contributed by atoms with Gasteiger partial charge in [-0.1, -0.05) is 132 Å². The van der Waals surface area contributed by atoms with Gasteiger partial charge in [0.05, 0.1) is 19.7 Å². The van der Waals surface area contributed by atoms with E-state index in [1.807, 2.05) is 12.1 Å². The van der Waals surface area contributed by atoms with Crippen LogP contribution in [-0.2, 0) is 0 Å². The summed E-state index contributed by atoms with van der Waals surface area (Å²) in [6, 6.07) is 44.8. The number of nitrogens with one attached hydrogen (secondary N) is 1. The van der Waals surface area contributed by atoms with Crippen LogP contribution in [0.15, 0.2) is 174 Å². The molecule has 3 aliphatic heterocycles. The summed E-state index contributed by atoms with van der Waals surface area (Å²) in [4.78, 5) is 88.6. The van der Waals surface area contributed by atoms with Crippen molar-refractivity contribution < 1.29 is 48.0 Å². The number of carbonyl (C=O) groups excluding carboxylic acids is 5. The number of carbonyl (C=O) groups is 5.